The lowest BCUT2D eigenvalue weighted by molar-refractivity contribution is -0.121. The number of rotatable bonds is 8. The average molecular weight is 407 g/mol. The van der Waals surface area contributed by atoms with Gasteiger partial charge in [-0.1, -0.05) is 24.3 Å². The van der Waals surface area contributed by atoms with Crippen LogP contribution in [0.25, 0.3) is 0 Å². The number of nitrogens with zero attached hydrogens (tertiary/aromatic N) is 1. The van der Waals surface area contributed by atoms with Gasteiger partial charge in [0.15, 0.2) is 0 Å². The van der Waals surface area contributed by atoms with Gasteiger partial charge in [0.2, 0.25) is 15.9 Å². The topological polar surface area (TPSA) is 84.9 Å². The standard InChI is InChI=1S/C20H26N2O5S/c1-14-10-11-18(27-5)19(12-14)28(24,25)22(3)13-20(23)21-15(2)16-8-6-7-9-17(16)26-4/h6-12,15H,13H2,1-5H3,(H,21,23). The van der Waals surface area contributed by atoms with E-state index >= 15 is 0 Å². The normalized spacial score (nSPS) is 12.5. The van der Waals surface area contributed by atoms with Gasteiger partial charge in [-0.05, 0) is 37.6 Å². The predicted molar refractivity (Wildman–Crippen MR) is 107 cm³/mol. The van der Waals surface area contributed by atoms with E-state index < -0.39 is 15.9 Å². The van der Waals surface area contributed by atoms with Gasteiger partial charge in [0.05, 0.1) is 26.8 Å². The monoisotopic (exact) mass is 406 g/mol. The third-order valence-electron chi connectivity index (χ3n) is 4.36. The Labute approximate surface area is 166 Å². The molecule has 0 aliphatic carbocycles. The second kappa shape index (κ2) is 9.07. The molecule has 7 nitrogen and oxygen atoms in total. The molecule has 152 valence electrons. The Bertz CT molecular complexity index is 943. The number of nitrogens with one attached hydrogen (secondary N) is 1. The highest BCUT2D eigenvalue weighted by Crippen LogP contribution is 2.27. The molecule has 0 aliphatic heterocycles. The molecule has 0 spiro atoms. The first-order valence-corrected chi connectivity index (χ1v) is 10.2. The number of hydrogen-bond acceptors (Lipinski definition) is 5. The summed E-state index contributed by atoms with van der Waals surface area (Å²) < 4.78 is 37.3. The Morgan fingerprint density at radius 3 is 2.39 bits per heavy atom. The van der Waals surface area contributed by atoms with E-state index in [0.717, 1.165) is 15.4 Å². The Morgan fingerprint density at radius 2 is 1.75 bits per heavy atom. The zero-order valence-corrected chi connectivity index (χ0v) is 17.5. The van der Waals surface area contributed by atoms with Gasteiger partial charge in [0.1, 0.15) is 16.4 Å². The van der Waals surface area contributed by atoms with E-state index in [0.29, 0.717) is 5.75 Å². The summed E-state index contributed by atoms with van der Waals surface area (Å²) in [5.41, 5.74) is 1.59. The number of methoxy groups -OCH3 is 2. The molecule has 1 N–H and O–H groups in total. The Morgan fingerprint density at radius 1 is 1.11 bits per heavy atom. The maximum absolute atomic E-state index is 12.9. The Hall–Kier alpha value is -2.58. The van der Waals surface area contributed by atoms with Gasteiger partial charge in [-0.2, -0.15) is 4.31 Å². The lowest BCUT2D eigenvalue weighted by Gasteiger charge is -2.21. The molecular weight excluding hydrogens is 380 g/mol. The molecule has 0 aromatic heterocycles. The van der Waals surface area contributed by atoms with Gasteiger partial charge >= 0.3 is 0 Å². The number of sulfonamides is 1. The van der Waals surface area contributed by atoms with Crippen molar-refractivity contribution in [3.8, 4) is 11.5 Å². The molecule has 1 unspecified atom stereocenters. The van der Waals surface area contributed by atoms with Crippen molar-refractivity contribution in [2.24, 2.45) is 0 Å². The summed E-state index contributed by atoms with van der Waals surface area (Å²) in [4.78, 5) is 12.5. The van der Waals surface area contributed by atoms with Gasteiger partial charge in [-0.15, -0.1) is 0 Å². The molecule has 1 atom stereocenters. The van der Waals surface area contributed by atoms with Gasteiger partial charge in [-0.25, -0.2) is 8.42 Å². The van der Waals surface area contributed by atoms with E-state index in [1.54, 1.807) is 32.2 Å². The largest absolute Gasteiger partial charge is 0.496 e. The minimum Gasteiger partial charge on any atom is -0.496 e. The number of ether oxygens (including phenoxy) is 2. The fourth-order valence-electron chi connectivity index (χ4n) is 2.83. The van der Waals surface area contributed by atoms with Gasteiger partial charge < -0.3 is 14.8 Å². The van der Waals surface area contributed by atoms with Gasteiger partial charge in [0, 0.05) is 12.6 Å². The number of likely N-dealkylation sites (N-methyl/N-ethyl adjacent to an activating group) is 1. The van der Waals surface area contributed by atoms with Crippen molar-refractivity contribution in [2.45, 2.75) is 24.8 Å². The van der Waals surface area contributed by atoms with Crippen molar-refractivity contribution in [1.29, 1.82) is 0 Å². The lowest BCUT2D eigenvalue weighted by Crippen LogP contribution is -2.39. The highest BCUT2D eigenvalue weighted by atomic mass is 32.2. The van der Waals surface area contributed by atoms with E-state index in [1.807, 2.05) is 25.1 Å². The molecule has 0 radical (unpaired) electrons. The van der Waals surface area contributed by atoms with E-state index in [4.69, 9.17) is 9.47 Å². The summed E-state index contributed by atoms with van der Waals surface area (Å²) in [7, 11) is 0.442. The number of para-hydroxylation sites is 1. The number of amides is 1. The van der Waals surface area contributed by atoms with Crippen LogP contribution in [0.5, 0.6) is 11.5 Å². The van der Waals surface area contributed by atoms with Crippen molar-refractivity contribution >= 4 is 15.9 Å². The lowest BCUT2D eigenvalue weighted by atomic mass is 10.1. The fourth-order valence-corrected chi connectivity index (χ4v) is 4.19. The van der Waals surface area contributed by atoms with Crippen molar-refractivity contribution < 1.29 is 22.7 Å². The molecule has 8 heteroatoms. The maximum Gasteiger partial charge on any atom is 0.246 e. The number of carbonyl (C=O) groups excluding carboxylic acids is 1. The van der Waals surface area contributed by atoms with Crippen LogP contribution in [0, 0.1) is 6.92 Å². The highest BCUT2D eigenvalue weighted by molar-refractivity contribution is 7.89. The van der Waals surface area contributed by atoms with Crippen LogP contribution in [0.15, 0.2) is 47.4 Å². The van der Waals surface area contributed by atoms with E-state index in [9.17, 15) is 13.2 Å². The zero-order valence-electron chi connectivity index (χ0n) is 16.7. The van der Waals surface area contributed by atoms with E-state index in [1.165, 1.54) is 20.2 Å². The Balaban J connectivity index is 2.14. The minimum absolute atomic E-state index is 0.0306. The first-order valence-electron chi connectivity index (χ1n) is 8.74. The molecule has 0 bridgehead atoms. The molecule has 0 heterocycles. The molecule has 2 rings (SSSR count). The molecule has 2 aromatic carbocycles. The number of carbonyl (C=O) groups is 1. The molecule has 0 saturated heterocycles. The summed E-state index contributed by atoms with van der Waals surface area (Å²) in [5, 5.41) is 2.81. The van der Waals surface area contributed by atoms with Gasteiger partial charge in [0.25, 0.3) is 0 Å². The third kappa shape index (κ3) is 4.82. The summed E-state index contributed by atoms with van der Waals surface area (Å²) >= 11 is 0. The second-order valence-corrected chi connectivity index (χ2v) is 8.46. The van der Waals surface area contributed by atoms with Crippen LogP contribution in [-0.4, -0.2) is 46.4 Å². The maximum atomic E-state index is 12.9. The van der Waals surface area contributed by atoms with E-state index in [2.05, 4.69) is 5.32 Å². The molecule has 0 fully saturated rings. The smallest absolute Gasteiger partial charge is 0.246 e. The SMILES string of the molecule is COc1ccccc1C(C)NC(=O)CN(C)S(=O)(=O)c1cc(C)ccc1OC. The molecule has 28 heavy (non-hydrogen) atoms. The van der Waals surface area contributed by atoms with Crippen molar-refractivity contribution in [2.75, 3.05) is 27.8 Å². The molecule has 0 saturated carbocycles. The van der Waals surface area contributed by atoms with Crippen LogP contribution in [0.4, 0.5) is 0 Å². The average Bonchev–Trinajstić information content (AvgIpc) is 2.67. The molecular formula is C20H26N2O5S. The minimum atomic E-state index is -3.89. The highest BCUT2D eigenvalue weighted by Gasteiger charge is 2.27. The summed E-state index contributed by atoms with van der Waals surface area (Å²) in [5.74, 6) is 0.470. The first kappa shape index (κ1) is 21.7. The first-order chi connectivity index (χ1) is 13.2. The van der Waals surface area contributed by atoms with Crippen LogP contribution < -0.4 is 14.8 Å². The second-order valence-electron chi connectivity index (χ2n) is 6.45. The quantitative estimate of drug-likeness (QED) is 0.728. The molecule has 0 aliphatic rings. The predicted octanol–water partition coefficient (Wildman–Crippen LogP) is 2.51. The Kier molecular flexibility index (Phi) is 7.04. The fraction of sp³-hybridized carbons (Fsp3) is 0.350. The van der Waals surface area contributed by atoms with Crippen LogP contribution in [0.1, 0.15) is 24.1 Å². The van der Waals surface area contributed by atoms with Crippen LogP contribution in [-0.2, 0) is 14.8 Å². The molecule has 1 amide bonds. The molecule has 2 aromatic rings. The van der Waals surface area contributed by atoms with Crippen molar-refractivity contribution in [3.05, 3.63) is 53.6 Å². The zero-order chi connectivity index (χ0) is 20.9. The summed E-state index contributed by atoms with van der Waals surface area (Å²) in [6, 6.07) is 11.9. The van der Waals surface area contributed by atoms with E-state index in [-0.39, 0.29) is 23.2 Å². The van der Waals surface area contributed by atoms with Crippen LogP contribution >= 0.6 is 0 Å². The van der Waals surface area contributed by atoms with Crippen LogP contribution in [0.3, 0.4) is 0 Å². The van der Waals surface area contributed by atoms with Crippen molar-refractivity contribution in [1.82, 2.24) is 9.62 Å². The van der Waals surface area contributed by atoms with Gasteiger partial charge in [-0.3, -0.25) is 4.79 Å². The number of aryl methyl sites for hydroxylation is 1. The number of hydrogen-bond donors (Lipinski definition) is 1. The van der Waals surface area contributed by atoms with Crippen molar-refractivity contribution in [3.63, 3.8) is 0 Å². The summed E-state index contributed by atoms with van der Waals surface area (Å²) in [6.07, 6.45) is 0. The number of benzene rings is 2. The van der Waals surface area contributed by atoms with Crippen LogP contribution in [0.2, 0.25) is 0 Å². The summed E-state index contributed by atoms with van der Waals surface area (Å²) in [6.45, 7) is 3.28. The third-order valence-corrected chi connectivity index (χ3v) is 6.18.